The van der Waals surface area contributed by atoms with E-state index in [0.717, 1.165) is 16.9 Å². The Bertz CT molecular complexity index is 614. The summed E-state index contributed by atoms with van der Waals surface area (Å²) in [5.74, 6) is 0.757. The van der Waals surface area contributed by atoms with Crippen LogP contribution >= 0.6 is 35.4 Å². The van der Waals surface area contributed by atoms with Gasteiger partial charge in [0.05, 0.1) is 4.99 Å². The van der Waals surface area contributed by atoms with Gasteiger partial charge in [-0.2, -0.15) is 0 Å². The molecule has 2 N–H and O–H groups in total. The van der Waals surface area contributed by atoms with Crippen LogP contribution in [0.25, 0.3) is 0 Å². The van der Waals surface area contributed by atoms with Crippen LogP contribution in [0, 0.1) is 0 Å². The monoisotopic (exact) mass is 325 g/mol. The van der Waals surface area contributed by atoms with Gasteiger partial charge in [0.2, 0.25) is 0 Å². The van der Waals surface area contributed by atoms with Crippen LogP contribution in [-0.4, -0.2) is 4.99 Å². The first-order chi connectivity index (χ1) is 9.54. The molecule has 20 heavy (non-hydrogen) atoms. The zero-order valence-electron chi connectivity index (χ0n) is 10.6. The van der Waals surface area contributed by atoms with Crippen molar-refractivity contribution in [2.75, 3.05) is 0 Å². The van der Waals surface area contributed by atoms with Crippen LogP contribution in [0.2, 0.25) is 10.0 Å². The van der Waals surface area contributed by atoms with Gasteiger partial charge in [-0.1, -0.05) is 47.6 Å². The van der Waals surface area contributed by atoms with Crippen molar-refractivity contribution in [1.82, 2.24) is 0 Å². The Morgan fingerprint density at radius 3 is 2.45 bits per heavy atom. The first-order valence-corrected chi connectivity index (χ1v) is 7.15. The Balaban J connectivity index is 2.00. The summed E-state index contributed by atoms with van der Waals surface area (Å²) >= 11 is 16.9. The second-order valence-corrected chi connectivity index (χ2v) is 5.68. The van der Waals surface area contributed by atoms with Crippen LogP contribution in [0.1, 0.15) is 11.1 Å². The molecule has 2 nitrogen and oxygen atoms in total. The number of nitrogens with two attached hydrogens (primary N) is 1. The average Bonchev–Trinajstić information content (AvgIpc) is 2.41. The summed E-state index contributed by atoms with van der Waals surface area (Å²) in [7, 11) is 0. The molecule has 0 fully saturated rings. The third kappa shape index (κ3) is 4.37. The van der Waals surface area contributed by atoms with E-state index >= 15 is 0 Å². The molecule has 0 unspecified atom stereocenters. The van der Waals surface area contributed by atoms with E-state index in [-0.39, 0.29) is 0 Å². The molecule has 0 spiro atoms. The maximum absolute atomic E-state index is 6.08. The zero-order valence-corrected chi connectivity index (χ0v) is 12.9. The van der Waals surface area contributed by atoms with Crippen LogP contribution in [-0.2, 0) is 13.0 Å². The van der Waals surface area contributed by atoms with Crippen molar-refractivity contribution in [3.8, 4) is 5.75 Å². The molecule has 0 amide bonds. The number of hydrogen-bond donors (Lipinski definition) is 1. The SMILES string of the molecule is NC(=S)Cc1ccc(OCc2cc(Cl)ccc2Cl)cc1. The van der Waals surface area contributed by atoms with E-state index in [1.54, 1.807) is 18.2 Å². The molecule has 2 rings (SSSR count). The number of hydrogen-bond acceptors (Lipinski definition) is 2. The highest BCUT2D eigenvalue weighted by Crippen LogP contribution is 2.22. The molecule has 0 radical (unpaired) electrons. The van der Waals surface area contributed by atoms with Crippen molar-refractivity contribution in [1.29, 1.82) is 0 Å². The Kier molecular flexibility index (Phi) is 5.24. The van der Waals surface area contributed by atoms with Crippen molar-refractivity contribution in [2.45, 2.75) is 13.0 Å². The predicted octanol–water partition coefficient (Wildman–Crippen LogP) is 4.40. The first-order valence-electron chi connectivity index (χ1n) is 5.98. The Hall–Kier alpha value is -1.29. The lowest BCUT2D eigenvalue weighted by atomic mass is 10.1. The Morgan fingerprint density at radius 2 is 1.80 bits per heavy atom. The van der Waals surface area contributed by atoms with Crippen molar-refractivity contribution in [3.63, 3.8) is 0 Å². The fourth-order valence-electron chi connectivity index (χ4n) is 1.72. The standard InChI is InChI=1S/C15H13Cl2NOS/c16-12-3-6-14(17)11(8-12)9-19-13-4-1-10(2-5-13)7-15(18)20/h1-6,8H,7,9H2,(H2,18,20). The molecular weight excluding hydrogens is 313 g/mol. The molecule has 0 bridgehead atoms. The van der Waals surface area contributed by atoms with Crippen molar-refractivity contribution < 1.29 is 4.74 Å². The topological polar surface area (TPSA) is 35.2 Å². The lowest BCUT2D eigenvalue weighted by molar-refractivity contribution is 0.306. The van der Waals surface area contributed by atoms with E-state index in [9.17, 15) is 0 Å². The van der Waals surface area contributed by atoms with E-state index < -0.39 is 0 Å². The van der Waals surface area contributed by atoms with Gasteiger partial charge in [0.15, 0.2) is 0 Å². The van der Waals surface area contributed by atoms with Gasteiger partial charge in [-0.25, -0.2) is 0 Å². The van der Waals surface area contributed by atoms with Crippen LogP contribution in [0.3, 0.4) is 0 Å². The van der Waals surface area contributed by atoms with Crippen molar-refractivity contribution in [2.24, 2.45) is 5.73 Å². The molecule has 0 aliphatic rings. The average molecular weight is 326 g/mol. The van der Waals surface area contributed by atoms with E-state index in [1.807, 2.05) is 24.3 Å². The van der Waals surface area contributed by atoms with Crippen LogP contribution in [0.4, 0.5) is 0 Å². The van der Waals surface area contributed by atoms with Crippen LogP contribution in [0.5, 0.6) is 5.75 Å². The number of benzene rings is 2. The quantitative estimate of drug-likeness (QED) is 0.827. The lowest BCUT2D eigenvalue weighted by Crippen LogP contribution is -2.10. The van der Waals surface area contributed by atoms with E-state index in [0.29, 0.717) is 28.1 Å². The minimum absolute atomic E-state index is 0.369. The van der Waals surface area contributed by atoms with Gasteiger partial charge in [-0.05, 0) is 35.9 Å². The van der Waals surface area contributed by atoms with Crippen LogP contribution in [0.15, 0.2) is 42.5 Å². The van der Waals surface area contributed by atoms with E-state index in [2.05, 4.69) is 0 Å². The fourth-order valence-corrected chi connectivity index (χ4v) is 2.25. The Morgan fingerprint density at radius 1 is 1.10 bits per heavy atom. The Labute approximate surface area is 133 Å². The van der Waals surface area contributed by atoms with Crippen LogP contribution < -0.4 is 10.5 Å². The second-order valence-electron chi connectivity index (χ2n) is 4.31. The summed E-state index contributed by atoms with van der Waals surface area (Å²) in [5.41, 5.74) is 7.41. The molecule has 0 aliphatic heterocycles. The van der Waals surface area contributed by atoms with Gasteiger partial charge in [-0.3, -0.25) is 0 Å². The van der Waals surface area contributed by atoms with Gasteiger partial charge in [0.25, 0.3) is 0 Å². The fraction of sp³-hybridized carbons (Fsp3) is 0.133. The smallest absolute Gasteiger partial charge is 0.119 e. The minimum Gasteiger partial charge on any atom is -0.489 e. The van der Waals surface area contributed by atoms with Gasteiger partial charge >= 0.3 is 0 Å². The molecule has 2 aromatic carbocycles. The van der Waals surface area contributed by atoms with E-state index in [4.69, 9.17) is 45.9 Å². The molecule has 0 aromatic heterocycles. The highest BCUT2D eigenvalue weighted by atomic mass is 35.5. The van der Waals surface area contributed by atoms with Gasteiger partial charge in [0.1, 0.15) is 12.4 Å². The summed E-state index contributed by atoms with van der Waals surface area (Å²) in [6.45, 7) is 0.369. The van der Waals surface area contributed by atoms with E-state index in [1.165, 1.54) is 0 Å². The molecule has 0 aliphatic carbocycles. The number of ether oxygens (including phenoxy) is 1. The summed E-state index contributed by atoms with van der Waals surface area (Å²) < 4.78 is 5.68. The lowest BCUT2D eigenvalue weighted by Gasteiger charge is -2.09. The third-order valence-electron chi connectivity index (χ3n) is 2.70. The number of halogens is 2. The number of thiocarbonyl (C=S) groups is 1. The molecule has 0 saturated heterocycles. The van der Waals surface area contributed by atoms with Crippen molar-refractivity contribution >= 4 is 40.4 Å². The number of rotatable bonds is 5. The summed E-state index contributed by atoms with van der Waals surface area (Å²) in [4.78, 5) is 0.476. The summed E-state index contributed by atoms with van der Waals surface area (Å²) in [6, 6.07) is 12.9. The molecule has 104 valence electrons. The molecule has 5 heteroatoms. The zero-order chi connectivity index (χ0) is 14.5. The summed E-state index contributed by atoms with van der Waals surface area (Å²) in [6.07, 6.45) is 0.593. The molecule has 0 atom stereocenters. The van der Waals surface area contributed by atoms with Gasteiger partial charge < -0.3 is 10.5 Å². The maximum atomic E-state index is 6.08. The minimum atomic E-state index is 0.369. The molecule has 2 aromatic rings. The molecule has 0 heterocycles. The molecular formula is C15H13Cl2NOS. The molecule has 0 saturated carbocycles. The van der Waals surface area contributed by atoms with Gasteiger partial charge in [0, 0.05) is 22.0 Å². The normalized spacial score (nSPS) is 10.3. The maximum Gasteiger partial charge on any atom is 0.119 e. The summed E-state index contributed by atoms with van der Waals surface area (Å²) in [5, 5.41) is 1.28. The first kappa shape index (κ1) is 15.1. The predicted molar refractivity (Wildman–Crippen MR) is 87.7 cm³/mol. The van der Waals surface area contributed by atoms with Gasteiger partial charge in [-0.15, -0.1) is 0 Å². The largest absolute Gasteiger partial charge is 0.489 e. The van der Waals surface area contributed by atoms with Crippen molar-refractivity contribution in [3.05, 3.63) is 63.6 Å². The highest BCUT2D eigenvalue weighted by molar-refractivity contribution is 7.80. The highest BCUT2D eigenvalue weighted by Gasteiger charge is 2.03. The second kappa shape index (κ2) is 6.93. The third-order valence-corrected chi connectivity index (χ3v) is 3.45.